The third-order valence-electron chi connectivity index (χ3n) is 3.47. The van der Waals surface area contributed by atoms with Crippen molar-refractivity contribution in [3.8, 4) is 10.4 Å². The first-order valence-electron chi connectivity index (χ1n) is 8.30. The molecule has 5 nitrogen and oxygen atoms in total. The molecule has 1 aromatic carbocycles. The van der Waals surface area contributed by atoms with Crippen LogP contribution < -0.4 is 27.9 Å². The van der Waals surface area contributed by atoms with Gasteiger partial charge in [0.05, 0.1) is 4.88 Å². The highest BCUT2D eigenvalue weighted by Crippen LogP contribution is 2.26. The maximum atomic E-state index is 8.49. The number of halogens is 2. The summed E-state index contributed by atoms with van der Waals surface area (Å²) in [5, 5.41) is 0.798. The highest BCUT2D eigenvalue weighted by atomic mass is 35.7. The normalized spacial score (nSPS) is 11.0. The second-order valence-electron chi connectivity index (χ2n) is 5.59. The van der Waals surface area contributed by atoms with Gasteiger partial charge in [0.15, 0.2) is 0 Å². The summed E-state index contributed by atoms with van der Waals surface area (Å²) in [7, 11) is -1.19. The van der Waals surface area contributed by atoms with Crippen LogP contribution >= 0.6 is 32.3 Å². The van der Waals surface area contributed by atoms with Crippen LogP contribution in [0.4, 0.5) is 0 Å². The quantitative estimate of drug-likeness (QED) is 0.469. The van der Waals surface area contributed by atoms with Crippen LogP contribution in [-0.2, 0) is 0 Å². The minimum absolute atomic E-state index is 0.798. The molecular weight excluding hydrogens is 417 g/mol. The van der Waals surface area contributed by atoms with Gasteiger partial charge in [0.25, 0.3) is 4.67 Å². The molecule has 0 fully saturated rings. The summed E-state index contributed by atoms with van der Waals surface area (Å²) in [5.41, 5.74) is 1.26. The first kappa shape index (κ1) is 23.5. The molecule has 0 N–H and O–H groups in total. The standard InChI is InChI=1S/C17H23ClNS2.ClHO4/c1-3-5-11-19(12-6-4-2)17-13-16(20-21-17)14-7-9-15(18)10-8-14;2-1(3,4)5/h7-10,13H,3-6,11-12H2,1-2H3;(H,2,3,4,5)/q+1;/p-1. The first-order valence-corrected chi connectivity index (χ1v) is 12.1. The number of hydrogen-bond donors (Lipinski definition) is 0. The number of hydrogen-bond acceptors (Lipinski definition) is 6. The van der Waals surface area contributed by atoms with Crippen LogP contribution in [0.25, 0.3) is 10.4 Å². The monoisotopic (exact) mass is 439 g/mol. The van der Waals surface area contributed by atoms with Gasteiger partial charge in [0.1, 0.15) is 13.1 Å². The maximum absolute atomic E-state index is 8.49. The van der Waals surface area contributed by atoms with Gasteiger partial charge in [0.2, 0.25) is 0 Å². The van der Waals surface area contributed by atoms with Gasteiger partial charge in [-0.05, 0) is 28.0 Å². The fourth-order valence-electron chi connectivity index (χ4n) is 2.17. The van der Waals surface area contributed by atoms with Gasteiger partial charge >= 0.3 is 0 Å². The van der Waals surface area contributed by atoms with Gasteiger partial charge in [-0.3, -0.25) is 0 Å². The van der Waals surface area contributed by atoms with E-state index < -0.39 is 10.2 Å². The van der Waals surface area contributed by atoms with Crippen molar-refractivity contribution < 1.29 is 28.9 Å². The van der Waals surface area contributed by atoms with E-state index in [1.165, 1.54) is 53.9 Å². The Hall–Kier alpha value is -0.510. The summed E-state index contributed by atoms with van der Waals surface area (Å²) < 4.78 is 37.9. The van der Waals surface area contributed by atoms with Crippen LogP contribution in [0, 0.1) is 10.2 Å². The molecule has 0 aliphatic heterocycles. The smallest absolute Gasteiger partial charge is 0.222 e. The number of benzene rings is 1. The van der Waals surface area contributed by atoms with Crippen molar-refractivity contribution in [2.45, 2.75) is 39.5 Å². The van der Waals surface area contributed by atoms with E-state index in [0.29, 0.717) is 0 Å². The fourth-order valence-corrected chi connectivity index (χ4v) is 4.81. The minimum Gasteiger partial charge on any atom is -0.222 e. The van der Waals surface area contributed by atoms with Gasteiger partial charge in [-0.1, -0.05) is 60.8 Å². The Balaban J connectivity index is 0.000000597. The molecular formula is C17H23Cl2NO4S2. The molecule has 9 heteroatoms. The molecule has 146 valence electrons. The highest BCUT2D eigenvalue weighted by molar-refractivity contribution is 7.69. The summed E-state index contributed by atoms with van der Waals surface area (Å²) >= 11 is 5.97. The molecule has 0 amide bonds. The van der Waals surface area contributed by atoms with E-state index in [-0.39, 0.29) is 0 Å². The minimum atomic E-state index is -4.94. The summed E-state index contributed by atoms with van der Waals surface area (Å²) in [5.74, 6) is 0. The molecule has 0 saturated heterocycles. The molecule has 0 saturated carbocycles. The van der Waals surface area contributed by atoms with E-state index >= 15 is 0 Å². The Morgan fingerprint density at radius 3 is 1.88 bits per heavy atom. The van der Waals surface area contributed by atoms with Crippen molar-refractivity contribution in [3.05, 3.63) is 40.0 Å². The summed E-state index contributed by atoms with van der Waals surface area (Å²) in [6.45, 7) is 6.86. The molecule has 0 unspecified atom stereocenters. The van der Waals surface area contributed by atoms with Gasteiger partial charge in [-0.2, -0.15) is 0 Å². The van der Waals surface area contributed by atoms with Crippen LogP contribution in [0.3, 0.4) is 0 Å². The molecule has 26 heavy (non-hydrogen) atoms. The molecule has 0 aliphatic carbocycles. The molecule has 1 aromatic heterocycles. The van der Waals surface area contributed by atoms with Crippen LogP contribution in [0.5, 0.6) is 0 Å². The molecule has 0 aliphatic rings. The first-order chi connectivity index (χ1) is 12.2. The molecule has 0 atom stereocenters. The van der Waals surface area contributed by atoms with Crippen molar-refractivity contribution in [2.24, 2.45) is 0 Å². The lowest BCUT2D eigenvalue weighted by Crippen LogP contribution is -2.68. The molecule has 0 radical (unpaired) electrons. The average molecular weight is 440 g/mol. The van der Waals surface area contributed by atoms with Crippen LogP contribution in [-0.4, -0.2) is 13.1 Å². The van der Waals surface area contributed by atoms with E-state index in [1.807, 2.05) is 32.8 Å². The topological polar surface area (TPSA) is 95.2 Å². The van der Waals surface area contributed by atoms with Crippen LogP contribution in [0.15, 0.2) is 30.3 Å². The van der Waals surface area contributed by atoms with Crippen molar-refractivity contribution in [3.63, 3.8) is 0 Å². The lowest BCUT2D eigenvalue weighted by Gasteiger charge is -2.17. The second-order valence-corrected chi connectivity index (χ2v) is 8.98. The molecule has 0 spiro atoms. The maximum Gasteiger partial charge on any atom is 0.267 e. The number of nitrogens with zero attached hydrogens (tertiary/aromatic N) is 1. The van der Waals surface area contributed by atoms with Crippen molar-refractivity contribution in [1.82, 2.24) is 4.58 Å². The van der Waals surface area contributed by atoms with Crippen LogP contribution in [0.1, 0.15) is 39.5 Å². The molecule has 2 aromatic rings. The van der Waals surface area contributed by atoms with Gasteiger partial charge in [-0.25, -0.2) is 23.2 Å². The zero-order valence-corrected chi connectivity index (χ0v) is 17.9. The number of rotatable bonds is 7. The predicted molar refractivity (Wildman–Crippen MR) is 97.5 cm³/mol. The lowest BCUT2D eigenvalue weighted by molar-refractivity contribution is -2.00. The van der Waals surface area contributed by atoms with Crippen molar-refractivity contribution >= 4 is 32.3 Å². The van der Waals surface area contributed by atoms with E-state index in [0.717, 1.165) is 5.02 Å². The Morgan fingerprint density at radius 1 is 0.923 bits per heavy atom. The third-order valence-corrected chi connectivity index (χ3v) is 6.19. The Kier molecular flexibility index (Phi) is 10.9. The Morgan fingerprint density at radius 2 is 1.42 bits per heavy atom. The third kappa shape index (κ3) is 9.99. The lowest BCUT2D eigenvalue weighted by atomic mass is 10.2. The van der Waals surface area contributed by atoms with Gasteiger partial charge in [-0.15, -0.1) is 10.2 Å². The zero-order chi connectivity index (χ0) is 19.6. The summed E-state index contributed by atoms with van der Waals surface area (Å²) in [6.07, 6.45) is 5.04. The largest absolute Gasteiger partial charge is 0.267 e. The van der Waals surface area contributed by atoms with Gasteiger partial charge < -0.3 is 0 Å². The second kappa shape index (κ2) is 12.0. The summed E-state index contributed by atoms with van der Waals surface area (Å²) in [4.78, 5) is 1.34. The molecule has 0 bridgehead atoms. The SMILES string of the molecule is CCCC[N+](CCCC)=c1cc(-c2ccc(Cl)cc2)ss1.[O-][Cl+3]([O-])([O-])[O-]. The fraction of sp³-hybridized carbons (Fsp3) is 0.471. The van der Waals surface area contributed by atoms with E-state index in [1.54, 1.807) is 0 Å². The molecule has 2 rings (SSSR count). The Labute approximate surface area is 168 Å². The van der Waals surface area contributed by atoms with Crippen LogP contribution in [0.2, 0.25) is 5.02 Å². The van der Waals surface area contributed by atoms with E-state index in [2.05, 4.69) is 36.6 Å². The molecule has 1 heterocycles. The average Bonchev–Trinajstić information content (AvgIpc) is 3.04. The summed E-state index contributed by atoms with van der Waals surface area (Å²) in [6, 6.07) is 10.5. The van der Waals surface area contributed by atoms with Crippen molar-refractivity contribution in [1.29, 1.82) is 0 Å². The number of unbranched alkanes of at least 4 members (excludes halogenated alkanes) is 2. The van der Waals surface area contributed by atoms with Crippen molar-refractivity contribution in [2.75, 3.05) is 13.1 Å². The van der Waals surface area contributed by atoms with E-state index in [4.69, 9.17) is 30.2 Å². The highest BCUT2D eigenvalue weighted by Gasteiger charge is 2.09. The predicted octanol–water partition coefficient (Wildman–Crippen LogP) is 0.746. The zero-order valence-electron chi connectivity index (χ0n) is 14.8. The Bertz CT molecular complexity index is 693. The van der Waals surface area contributed by atoms with E-state index in [9.17, 15) is 0 Å². The van der Waals surface area contributed by atoms with Gasteiger partial charge in [0, 0.05) is 23.9 Å².